The van der Waals surface area contributed by atoms with Gasteiger partial charge in [0, 0.05) is 12.2 Å². The van der Waals surface area contributed by atoms with E-state index in [4.69, 9.17) is 4.74 Å². The minimum atomic E-state index is -0.377. The molecule has 0 saturated carbocycles. The summed E-state index contributed by atoms with van der Waals surface area (Å²) in [6.45, 7) is 5.27. The predicted molar refractivity (Wildman–Crippen MR) is 91.8 cm³/mol. The SMILES string of the molecule is CCOC(=O)C1=C(CN2CCCc3ccccc32)NC(=O)NC1C. The highest BCUT2D eigenvalue weighted by molar-refractivity contribution is 5.94. The van der Waals surface area contributed by atoms with Crippen LogP contribution in [-0.4, -0.2) is 37.7 Å². The highest BCUT2D eigenvalue weighted by Gasteiger charge is 2.31. The molecular weight excluding hydrogens is 306 g/mol. The van der Waals surface area contributed by atoms with E-state index in [0.717, 1.165) is 19.4 Å². The van der Waals surface area contributed by atoms with Crippen LogP contribution >= 0.6 is 0 Å². The smallest absolute Gasteiger partial charge is 0.337 e. The summed E-state index contributed by atoms with van der Waals surface area (Å²) in [4.78, 5) is 26.4. The second-order valence-corrected chi connectivity index (χ2v) is 6.09. The molecule has 1 aromatic rings. The number of benzene rings is 1. The summed E-state index contributed by atoms with van der Waals surface area (Å²) in [6.07, 6.45) is 2.11. The molecule has 0 spiro atoms. The van der Waals surface area contributed by atoms with Gasteiger partial charge in [-0.3, -0.25) is 0 Å². The molecule has 0 bridgehead atoms. The van der Waals surface area contributed by atoms with E-state index in [9.17, 15) is 9.59 Å². The fraction of sp³-hybridized carbons (Fsp3) is 0.444. The first-order chi connectivity index (χ1) is 11.6. The maximum atomic E-state index is 12.3. The molecule has 3 rings (SSSR count). The Balaban J connectivity index is 1.92. The zero-order chi connectivity index (χ0) is 17.1. The highest BCUT2D eigenvalue weighted by atomic mass is 16.5. The molecule has 1 atom stereocenters. The minimum Gasteiger partial charge on any atom is -0.463 e. The van der Waals surface area contributed by atoms with E-state index in [1.54, 1.807) is 13.8 Å². The number of aryl methyl sites for hydroxylation is 1. The molecule has 0 saturated heterocycles. The number of amides is 2. The van der Waals surface area contributed by atoms with Crippen molar-refractivity contribution in [1.29, 1.82) is 0 Å². The number of nitrogens with one attached hydrogen (secondary N) is 2. The number of carbonyl (C=O) groups is 2. The number of carbonyl (C=O) groups excluding carboxylic acids is 2. The molecule has 0 aliphatic carbocycles. The quantitative estimate of drug-likeness (QED) is 0.829. The Morgan fingerprint density at radius 3 is 2.96 bits per heavy atom. The maximum absolute atomic E-state index is 12.3. The van der Waals surface area contributed by atoms with Crippen LogP contribution in [0.4, 0.5) is 10.5 Å². The minimum absolute atomic E-state index is 0.282. The fourth-order valence-corrected chi connectivity index (χ4v) is 3.37. The second kappa shape index (κ2) is 6.95. The van der Waals surface area contributed by atoms with Crippen molar-refractivity contribution in [2.75, 3.05) is 24.6 Å². The number of rotatable bonds is 4. The standard InChI is InChI=1S/C18H23N3O3/c1-3-24-17(22)16-12(2)19-18(23)20-14(16)11-21-10-6-8-13-7-4-5-9-15(13)21/h4-5,7,9,12H,3,6,8,10-11H2,1-2H3,(H2,19,20,23). The number of urea groups is 1. The number of hydrogen-bond donors (Lipinski definition) is 2. The Bertz CT molecular complexity index is 684. The summed E-state index contributed by atoms with van der Waals surface area (Å²) in [5.74, 6) is -0.377. The fourth-order valence-electron chi connectivity index (χ4n) is 3.37. The normalized spacial score (nSPS) is 20.2. The second-order valence-electron chi connectivity index (χ2n) is 6.09. The van der Waals surface area contributed by atoms with Crippen molar-refractivity contribution in [2.24, 2.45) is 0 Å². The van der Waals surface area contributed by atoms with Crippen LogP contribution in [0.2, 0.25) is 0 Å². The van der Waals surface area contributed by atoms with Crippen LogP contribution in [0.25, 0.3) is 0 Å². The number of anilines is 1. The Hall–Kier alpha value is -2.50. The number of fused-ring (bicyclic) bond motifs is 1. The van der Waals surface area contributed by atoms with Crippen LogP contribution < -0.4 is 15.5 Å². The van der Waals surface area contributed by atoms with Crippen LogP contribution in [0.3, 0.4) is 0 Å². The van der Waals surface area contributed by atoms with E-state index in [0.29, 0.717) is 24.4 Å². The Labute approximate surface area is 141 Å². The van der Waals surface area contributed by atoms with Gasteiger partial charge in [0.15, 0.2) is 0 Å². The lowest BCUT2D eigenvalue weighted by Crippen LogP contribution is -2.51. The van der Waals surface area contributed by atoms with Gasteiger partial charge in [0.05, 0.1) is 30.5 Å². The average molecular weight is 329 g/mol. The zero-order valence-corrected chi connectivity index (χ0v) is 14.1. The topological polar surface area (TPSA) is 70.7 Å². The average Bonchev–Trinajstić information content (AvgIpc) is 2.55. The molecule has 6 nitrogen and oxygen atoms in total. The molecule has 2 N–H and O–H groups in total. The summed E-state index contributed by atoms with van der Waals surface area (Å²) >= 11 is 0. The first kappa shape index (κ1) is 16.4. The molecule has 2 aliphatic heterocycles. The molecule has 1 unspecified atom stereocenters. The maximum Gasteiger partial charge on any atom is 0.337 e. The first-order valence-corrected chi connectivity index (χ1v) is 8.40. The van der Waals surface area contributed by atoms with Gasteiger partial charge in [-0.25, -0.2) is 9.59 Å². The number of esters is 1. The van der Waals surface area contributed by atoms with Crippen molar-refractivity contribution in [3.8, 4) is 0 Å². The van der Waals surface area contributed by atoms with Gasteiger partial charge in [-0.15, -0.1) is 0 Å². The van der Waals surface area contributed by atoms with Crippen molar-refractivity contribution in [2.45, 2.75) is 32.7 Å². The monoisotopic (exact) mass is 329 g/mol. The lowest BCUT2D eigenvalue weighted by molar-refractivity contribution is -0.138. The van der Waals surface area contributed by atoms with Crippen molar-refractivity contribution in [3.05, 3.63) is 41.1 Å². The van der Waals surface area contributed by atoms with Crippen molar-refractivity contribution in [3.63, 3.8) is 0 Å². The van der Waals surface area contributed by atoms with Gasteiger partial charge in [-0.2, -0.15) is 0 Å². The van der Waals surface area contributed by atoms with Gasteiger partial charge in [-0.1, -0.05) is 18.2 Å². The molecule has 0 radical (unpaired) electrons. The Kier molecular flexibility index (Phi) is 4.74. The summed E-state index contributed by atoms with van der Waals surface area (Å²) in [5, 5.41) is 5.53. The number of ether oxygens (including phenoxy) is 1. The van der Waals surface area contributed by atoms with E-state index < -0.39 is 0 Å². The first-order valence-electron chi connectivity index (χ1n) is 8.40. The van der Waals surface area contributed by atoms with E-state index in [1.807, 2.05) is 12.1 Å². The Morgan fingerprint density at radius 1 is 1.38 bits per heavy atom. The van der Waals surface area contributed by atoms with Crippen LogP contribution in [0.15, 0.2) is 35.5 Å². The third-order valence-electron chi connectivity index (χ3n) is 4.42. The third-order valence-corrected chi connectivity index (χ3v) is 4.42. The number of nitrogens with zero attached hydrogens (tertiary/aromatic N) is 1. The van der Waals surface area contributed by atoms with Crippen molar-refractivity contribution >= 4 is 17.7 Å². The lowest BCUT2D eigenvalue weighted by atomic mass is 9.99. The molecular formula is C18H23N3O3. The summed E-state index contributed by atoms with van der Waals surface area (Å²) in [7, 11) is 0. The van der Waals surface area contributed by atoms with Gasteiger partial charge >= 0.3 is 12.0 Å². The predicted octanol–water partition coefficient (Wildman–Crippen LogP) is 1.96. The van der Waals surface area contributed by atoms with Crippen molar-refractivity contribution in [1.82, 2.24) is 10.6 Å². The number of para-hydroxylation sites is 1. The van der Waals surface area contributed by atoms with Crippen LogP contribution in [-0.2, 0) is 16.0 Å². The van der Waals surface area contributed by atoms with Gasteiger partial charge < -0.3 is 20.3 Å². The van der Waals surface area contributed by atoms with E-state index in [1.165, 1.54) is 11.3 Å². The van der Waals surface area contributed by atoms with Gasteiger partial charge in [0.25, 0.3) is 0 Å². The lowest BCUT2D eigenvalue weighted by Gasteiger charge is -2.34. The molecule has 24 heavy (non-hydrogen) atoms. The van der Waals surface area contributed by atoms with Crippen molar-refractivity contribution < 1.29 is 14.3 Å². The van der Waals surface area contributed by atoms with Gasteiger partial charge in [-0.05, 0) is 38.3 Å². The molecule has 6 heteroatoms. The van der Waals surface area contributed by atoms with Crippen LogP contribution in [0.5, 0.6) is 0 Å². The molecule has 2 heterocycles. The molecule has 2 amide bonds. The number of hydrogen-bond acceptors (Lipinski definition) is 4. The van der Waals surface area contributed by atoms with Gasteiger partial charge in [0.1, 0.15) is 0 Å². The summed E-state index contributed by atoms with van der Waals surface area (Å²) < 4.78 is 5.17. The Morgan fingerprint density at radius 2 is 2.17 bits per heavy atom. The molecule has 0 aromatic heterocycles. The van der Waals surface area contributed by atoms with Crippen LogP contribution in [0, 0.1) is 0 Å². The van der Waals surface area contributed by atoms with E-state index in [2.05, 4.69) is 27.7 Å². The summed E-state index contributed by atoms with van der Waals surface area (Å²) in [6, 6.07) is 7.63. The highest BCUT2D eigenvalue weighted by Crippen LogP contribution is 2.28. The van der Waals surface area contributed by atoms with E-state index >= 15 is 0 Å². The summed E-state index contributed by atoms with van der Waals surface area (Å²) in [5.41, 5.74) is 3.59. The third kappa shape index (κ3) is 3.22. The molecule has 0 fully saturated rings. The van der Waals surface area contributed by atoms with Gasteiger partial charge in [0.2, 0.25) is 0 Å². The van der Waals surface area contributed by atoms with Crippen LogP contribution in [0.1, 0.15) is 25.8 Å². The molecule has 128 valence electrons. The zero-order valence-electron chi connectivity index (χ0n) is 14.1. The van der Waals surface area contributed by atoms with E-state index in [-0.39, 0.29) is 18.0 Å². The largest absolute Gasteiger partial charge is 0.463 e. The molecule has 2 aliphatic rings. The molecule has 1 aromatic carbocycles.